The van der Waals surface area contributed by atoms with Gasteiger partial charge in [0.1, 0.15) is 5.82 Å². The zero-order chi connectivity index (χ0) is 7.56. The van der Waals surface area contributed by atoms with Crippen LogP contribution in [-0.2, 0) is 17.1 Å². The summed E-state index contributed by atoms with van der Waals surface area (Å²) < 4.78 is 12.5. The van der Waals surface area contributed by atoms with Crippen LogP contribution in [0.5, 0.6) is 0 Å². The fourth-order valence-electron chi connectivity index (χ4n) is 0.635. The summed E-state index contributed by atoms with van der Waals surface area (Å²) in [5.41, 5.74) is -0.289. The van der Waals surface area contributed by atoms with Crippen LogP contribution in [0.15, 0.2) is 24.3 Å². The SMILES string of the molecule is O=C(O)c1ccccc1F.[Cu]. The molecule has 0 fully saturated rings. The number of halogens is 1. The van der Waals surface area contributed by atoms with Crippen LogP contribution in [0.2, 0.25) is 0 Å². The smallest absolute Gasteiger partial charge is 0.338 e. The van der Waals surface area contributed by atoms with Crippen molar-refractivity contribution in [2.24, 2.45) is 0 Å². The van der Waals surface area contributed by atoms with Gasteiger partial charge < -0.3 is 5.11 Å². The molecule has 0 atom stereocenters. The van der Waals surface area contributed by atoms with E-state index in [4.69, 9.17) is 5.11 Å². The molecule has 0 unspecified atom stereocenters. The first-order chi connectivity index (χ1) is 4.72. The Morgan fingerprint density at radius 2 is 1.91 bits per heavy atom. The monoisotopic (exact) mass is 203 g/mol. The van der Waals surface area contributed by atoms with Crippen LogP contribution in [-0.4, -0.2) is 11.1 Å². The molecule has 0 amide bonds. The van der Waals surface area contributed by atoms with Gasteiger partial charge in [-0.25, -0.2) is 9.18 Å². The van der Waals surface area contributed by atoms with Crippen molar-refractivity contribution in [2.75, 3.05) is 0 Å². The minimum absolute atomic E-state index is 0. The van der Waals surface area contributed by atoms with Crippen LogP contribution < -0.4 is 0 Å². The number of hydrogen-bond acceptors (Lipinski definition) is 1. The fraction of sp³-hybridized carbons (Fsp3) is 0. The summed E-state index contributed by atoms with van der Waals surface area (Å²) in [5, 5.41) is 8.33. The predicted molar refractivity (Wildman–Crippen MR) is 33.4 cm³/mol. The molecule has 1 aromatic carbocycles. The van der Waals surface area contributed by atoms with Gasteiger partial charge in [0, 0.05) is 17.1 Å². The number of carbonyl (C=O) groups is 1. The molecule has 11 heavy (non-hydrogen) atoms. The number of carboxylic acids is 1. The molecule has 0 aliphatic carbocycles. The van der Waals surface area contributed by atoms with Gasteiger partial charge in [-0.05, 0) is 12.1 Å². The van der Waals surface area contributed by atoms with Crippen molar-refractivity contribution < 1.29 is 31.4 Å². The summed E-state index contributed by atoms with van der Waals surface area (Å²) in [6.07, 6.45) is 0. The van der Waals surface area contributed by atoms with Crippen molar-refractivity contribution >= 4 is 5.97 Å². The number of carboxylic acid groups (broad SMARTS) is 1. The molecule has 63 valence electrons. The Morgan fingerprint density at radius 1 is 1.36 bits per heavy atom. The molecule has 0 aliphatic rings. The van der Waals surface area contributed by atoms with Crippen molar-refractivity contribution in [2.45, 2.75) is 0 Å². The van der Waals surface area contributed by atoms with Crippen molar-refractivity contribution in [1.82, 2.24) is 0 Å². The van der Waals surface area contributed by atoms with E-state index >= 15 is 0 Å². The van der Waals surface area contributed by atoms with Crippen molar-refractivity contribution in [3.63, 3.8) is 0 Å². The molecule has 0 aliphatic heterocycles. The number of hydrogen-bond donors (Lipinski definition) is 1. The fourth-order valence-corrected chi connectivity index (χ4v) is 0.635. The van der Waals surface area contributed by atoms with Gasteiger partial charge in [0.15, 0.2) is 0 Å². The van der Waals surface area contributed by atoms with Gasteiger partial charge in [0.05, 0.1) is 5.56 Å². The molecule has 1 N–H and O–H groups in total. The van der Waals surface area contributed by atoms with E-state index in [2.05, 4.69) is 0 Å². The first-order valence-corrected chi connectivity index (χ1v) is 2.69. The Hall–Kier alpha value is -0.861. The quantitative estimate of drug-likeness (QED) is 0.703. The number of rotatable bonds is 1. The Balaban J connectivity index is 0.000001000. The third kappa shape index (κ3) is 2.33. The molecule has 0 saturated heterocycles. The van der Waals surface area contributed by atoms with E-state index in [1.165, 1.54) is 18.2 Å². The van der Waals surface area contributed by atoms with E-state index in [1.807, 2.05) is 0 Å². The van der Waals surface area contributed by atoms with Gasteiger partial charge in [-0.2, -0.15) is 0 Å². The first kappa shape index (κ1) is 10.1. The van der Waals surface area contributed by atoms with Crippen LogP contribution >= 0.6 is 0 Å². The minimum atomic E-state index is -1.24. The molecule has 0 aromatic heterocycles. The Bertz CT molecular complexity index is 262. The molecule has 0 bridgehead atoms. The molecular formula is C7H5CuFO2. The van der Waals surface area contributed by atoms with Crippen molar-refractivity contribution in [1.29, 1.82) is 0 Å². The predicted octanol–water partition coefficient (Wildman–Crippen LogP) is 1.52. The van der Waals surface area contributed by atoms with E-state index in [-0.39, 0.29) is 22.6 Å². The summed E-state index contributed by atoms with van der Waals surface area (Å²) >= 11 is 0. The molecule has 4 heteroatoms. The molecule has 2 nitrogen and oxygen atoms in total. The molecule has 0 spiro atoms. The van der Waals surface area contributed by atoms with Gasteiger partial charge in [0.2, 0.25) is 0 Å². The van der Waals surface area contributed by atoms with Crippen LogP contribution in [0.3, 0.4) is 0 Å². The van der Waals surface area contributed by atoms with Crippen molar-refractivity contribution in [3.05, 3.63) is 35.6 Å². The van der Waals surface area contributed by atoms with Gasteiger partial charge in [0.25, 0.3) is 0 Å². The van der Waals surface area contributed by atoms with E-state index in [0.29, 0.717) is 0 Å². The van der Waals surface area contributed by atoms with Crippen LogP contribution in [0.25, 0.3) is 0 Å². The van der Waals surface area contributed by atoms with Gasteiger partial charge in [-0.3, -0.25) is 0 Å². The van der Waals surface area contributed by atoms with E-state index in [0.717, 1.165) is 6.07 Å². The zero-order valence-corrected chi connectivity index (χ0v) is 6.29. The number of benzene rings is 1. The van der Waals surface area contributed by atoms with E-state index in [1.54, 1.807) is 0 Å². The Morgan fingerprint density at radius 3 is 2.27 bits per heavy atom. The van der Waals surface area contributed by atoms with Crippen LogP contribution in [0.4, 0.5) is 4.39 Å². The molecular weight excluding hydrogens is 199 g/mol. The summed E-state index contributed by atoms with van der Waals surface area (Å²) in [6, 6.07) is 5.26. The van der Waals surface area contributed by atoms with Gasteiger partial charge in [-0.1, -0.05) is 12.1 Å². The second-order valence-corrected chi connectivity index (χ2v) is 1.78. The third-order valence-corrected chi connectivity index (χ3v) is 1.10. The summed E-state index contributed by atoms with van der Waals surface area (Å²) in [7, 11) is 0. The van der Waals surface area contributed by atoms with Gasteiger partial charge in [-0.15, -0.1) is 0 Å². The molecule has 0 saturated carbocycles. The number of aromatic carboxylic acids is 1. The summed E-state index contributed by atoms with van der Waals surface area (Å²) in [5.74, 6) is -1.94. The molecule has 1 aromatic rings. The topological polar surface area (TPSA) is 37.3 Å². The van der Waals surface area contributed by atoms with E-state index in [9.17, 15) is 9.18 Å². The maximum absolute atomic E-state index is 12.5. The average molecular weight is 204 g/mol. The largest absolute Gasteiger partial charge is 0.478 e. The van der Waals surface area contributed by atoms with Crippen LogP contribution in [0.1, 0.15) is 10.4 Å². The molecule has 1 radical (unpaired) electrons. The molecule has 0 heterocycles. The first-order valence-electron chi connectivity index (χ1n) is 2.69. The Kier molecular flexibility index (Phi) is 3.79. The summed E-state index contributed by atoms with van der Waals surface area (Å²) in [4.78, 5) is 10.2. The Labute approximate surface area is 73.5 Å². The van der Waals surface area contributed by atoms with Crippen molar-refractivity contribution in [3.8, 4) is 0 Å². The average Bonchev–Trinajstić information content (AvgIpc) is 1.88. The maximum atomic E-state index is 12.5. The van der Waals surface area contributed by atoms with Crippen LogP contribution in [0, 0.1) is 5.82 Å². The minimum Gasteiger partial charge on any atom is -0.478 e. The van der Waals surface area contributed by atoms with Gasteiger partial charge >= 0.3 is 5.97 Å². The second kappa shape index (κ2) is 4.11. The standard InChI is InChI=1S/C7H5FO2.Cu/c8-6-4-2-1-3-5(6)7(9)10;/h1-4H,(H,9,10);. The zero-order valence-electron chi connectivity index (χ0n) is 5.34. The molecule has 1 rings (SSSR count). The second-order valence-electron chi connectivity index (χ2n) is 1.78. The summed E-state index contributed by atoms with van der Waals surface area (Å²) in [6.45, 7) is 0. The maximum Gasteiger partial charge on any atom is 0.338 e. The third-order valence-electron chi connectivity index (χ3n) is 1.10. The van der Waals surface area contributed by atoms with E-state index < -0.39 is 11.8 Å². The normalized spacial score (nSPS) is 8.45.